The van der Waals surface area contributed by atoms with Gasteiger partial charge in [0.05, 0.1) is 5.69 Å². The maximum atomic E-state index is 12.8. The van der Waals surface area contributed by atoms with Crippen LogP contribution in [0.15, 0.2) is 72.6 Å². The molecule has 4 rings (SSSR count). The molecule has 0 aliphatic carbocycles. The number of carbonyl (C=O) groups excluding carboxylic acids is 2. The lowest BCUT2D eigenvalue weighted by molar-refractivity contribution is -0.113. The second-order valence-electron chi connectivity index (χ2n) is 6.24. The molecule has 1 aliphatic heterocycles. The fourth-order valence-corrected chi connectivity index (χ4v) is 3.09. The highest BCUT2D eigenvalue weighted by Gasteiger charge is 2.35. The first-order chi connectivity index (χ1) is 13.0. The summed E-state index contributed by atoms with van der Waals surface area (Å²) in [5, 5.41) is 3.18. The Labute approximate surface area is 161 Å². The lowest BCUT2D eigenvalue weighted by Crippen LogP contribution is -2.30. The van der Waals surface area contributed by atoms with Gasteiger partial charge in [-0.15, -0.1) is 0 Å². The largest absolute Gasteiger partial charge is 0.333 e. The van der Waals surface area contributed by atoms with Gasteiger partial charge < -0.3 is 9.88 Å². The van der Waals surface area contributed by atoms with E-state index < -0.39 is 11.9 Å². The van der Waals surface area contributed by atoms with Gasteiger partial charge in [0, 0.05) is 22.6 Å². The van der Waals surface area contributed by atoms with Crippen LogP contribution in [-0.4, -0.2) is 16.5 Å². The zero-order chi connectivity index (χ0) is 19.0. The molecule has 0 radical (unpaired) electrons. The van der Waals surface area contributed by atoms with Crippen LogP contribution in [0.2, 0.25) is 5.02 Å². The van der Waals surface area contributed by atoms with Crippen molar-refractivity contribution < 1.29 is 9.59 Å². The van der Waals surface area contributed by atoms with Crippen molar-refractivity contribution in [1.29, 1.82) is 0 Å². The van der Waals surface area contributed by atoms with Crippen molar-refractivity contribution in [3.05, 3.63) is 88.8 Å². The Morgan fingerprint density at radius 2 is 1.59 bits per heavy atom. The van der Waals surface area contributed by atoms with Gasteiger partial charge in [-0.05, 0) is 61.5 Å². The Bertz CT molecular complexity index is 1050. The van der Waals surface area contributed by atoms with E-state index in [2.05, 4.69) is 5.32 Å². The van der Waals surface area contributed by atoms with Crippen molar-refractivity contribution in [3.63, 3.8) is 0 Å². The molecule has 0 spiro atoms. The first-order valence-corrected chi connectivity index (χ1v) is 8.78. The van der Waals surface area contributed by atoms with Crippen LogP contribution in [0.1, 0.15) is 11.3 Å². The minimum Gasteiger partial charge on any atom is -0.317 e. The number of carbonyl (C=O) groups is 2. The Morgan fingerprint density at radius 1 is 0.926 bits per heavy atom. The molecule has 0 atom stereocenters. The minimum atomic E-state index is -0.484. The van der Waals surface area contributed by atoms with E-state index in [-0.39, 0.29) is 5.70 Å². The first-order valence-electron chi connectivity index (χ1n) is 8.40. The summed E-state index contributed by atoms with van der Waals surface area (Å²) in [5.74, 6) is -0.404. The average Bonchev–Trinajstić information content (AvgIpc) is 3.22. The number of amides is 3. The third-order valence-corrected chi connectivity index (χ3v) is 4.60. The van der Waals surface area contributed by atoms with Crippen LogP contribution in [0.4, 0.5) is 10.5 Å². The maximum absolute atomic E-state index is 12.8. The van der Waals surface area contributed by atoms with E-state index in [1.165, 1.54) is 5.56 Å². The Balaban J connectivity index is 1.67. The zero-order valence-corrected chi connectivity index (χ0v) is 15.3. The van der Waals surface area contributed by atoms with Crippen molar-refractivity contribution in [2.24, 2.45) is 0 Å². The van der Waals surface area contributed by atoms with Gasteiger partial charge in [-0.3, -0.25) is 4.79 Å². The van der Waals surface area contributed by atoms with Gasteiger partial charge in [-0.25, -0.2) is 9.69 Å². The molecule has 1 aromatic heterocycles. The third kappa shape index (κ3) is 3.25. The van der Waals surface area contributed by atoms with Gasteiger partial charge in [0.2, 0.25) is 0 Å². The normalized spacial score (nSPS) is 15.5. The molecule has 2 heterocycles. The molecule has 6 heteroatoms. The van der Waals surface area contributed by atoms with Crippen LogP contribution in [0.25, 0.3) is 11.8 Å². The number of benzene rings is 2. The lowest BCUT2D eigenvalue weighted by atomic mass is 10.2. The van der Waals surface area contributed by atoms with E-state index >= 15 is 0 Å². The van der Waals surface area contributed by atoms with Gasteiger partial charge in [-0.2, -0.15) is 0 Å². The predicted molar refractivity (Wildman–Crippen MR) is 106 cm³/mol. The number of rotatable bonds is 3. The summed E-state index contributed by atoms with van der Waals surface area (Å²) in [6.07, 6.45) is 3.59. The summed E-state index contributed by atoms with van der Waals surface area (Å²) in [6.45, 7) is 2.03. The molecule has 1 saturated heterocycles. The van der Waals surface area contributed by atoms with Crippen LogP contribution in [0, 0.1) is 6.92 Å². The monoisotopic (exact) mass is 377 g/mol. The second-order valence-corrected chi connectivity index (χ2v) is 6.68. The molecular formula is C21H16ClN3O2. The summed E-state index contributed by atoms with van der Waals surface area (Å²) >= 11 is 5.88. The van der Waals surface area contributed by atoms with Crippen LogP contribution in [0.3, 0.4) is 0 Å². The van der Waals surface area contributed by atoms with Crippen LogP contribution < -0.4 is 10.2 Å². The van der Waals surface area contributed by atoms with Crippen LogP contribution in [-0.2, 0) is 4.79 Å². The number of nitrogens with zero attached hydrogens (tertiary/aromatic N) is 2. The number of hydrogen-bond acceptors (Lipinski definition) is 2. The fourth-order valence-electron chi connectivity index (χ4n) is 2.96. The van der Waals surface area contributed by atoms with E-state index in [1.807, 2.05) is 54.1 Å². The van der Waals surface area contributed by atoms with E-state index in [4.69, 9.17) is 11.6 Å². The summed E-state index contributed by atoms with van der Waals surface area (Å²) in [4.78, 5) is 26.2. The summed E-state index contributed by atoms with van der Waals surface area (Å²) in [5.41, 5.74) is 3.63. The number of halogens is 1. The SMILES string of the molecule is Cc1ccc(-n2cccc2/C=C2/NC(=O)N(c3ccc(Cl)cc3)C2=O)cc1. The molecule has 0 unspecified atom stereocenters. The van der Waals surface area contributed by atoms with Crippen LogP contribution in [0.5, 0.6) is 0 Å². The smallest absolute Gasteiger partial charge is 0.317 e. The molecule has 0 saturated carbocycles. The standard InChI is InChI=1S/C21H16ClN3O2/c1-14-4-8-16(9-5-14)24-12-2-3-18(24)13-19-20(26)25(21(27)23-19)17-10-6-15(22)7-11-17/h2-13H,1H3,(H,23,27)/b19-13+. The van der Waals surface area contributed by atoms with Gasteiger partial charge in [0.15, 0.2) is 0 Å². The van der Waals surface area contributed by atoms with Gasteiger partial charge in [0.1, 0.15) is 5.70 Å². The summed E-state index contributed by atoms with van der Waals surface area (Å²) < 4.78 is 1.96. The number of anilines is 1. The maximum Gasteiger partial charge on any atom is 0.333 e. The van der Waals surface area contributed by atoms with Gasteiger partial charge >= 0.3 is 6.03 Å². The van der Waals surface area contributed by atoms with E-state index in [9.17, 15) is 9.59 Å². The van der Waals surface area contributed by atoms with E-state index in [1.54, 1.807) is 30.3 Å². The molecule has 3 amide bonds. The van der Waals surface area contributed by atoms with Gasteiger partial charge in [0.25, 0.3) is 5.91 Å². The highest BCUT2D eigenvalue weighted by Crippen LogP contribution is 2.24. The molecule has 1 fully saturated rings. The number of urea groups is 1. The molecule has 5 nitrogen and oxygen atoms in total. The second kappa shape index (κ2) is 6.78. The minimum absolute atomic E-state index is 0.224. The van der Waals surface area contributed by atoms with Crippen molar-refractivity contribution in [1.82, 2.24) is 9.88 Å². The number of nitrogens with one attached hydrogen (secondary N) is 1. The predicted octanol–water partition coefficient (Wildman–Crippen LogP) is 4.54. The van der Waals surface area contributed by atoms with Gasteiger partial charge in [-0.1, -0.05) is 29.3 Å². The van der Waals surface area contributed by atoms with E-state index in [0.29, 0.717) is 10.7 Å². The molecule has 2 aromatic carbocycles. The lowest BCUT2D eigenvalue weighted by Gasteiger charge is -2.11. The molecule has 3 aromatic rings. The molecule has 1 N–H and O–H groups in total. The Morgan fingerprint density at radius 3 is 2.30 bits per heavy atom. The molecular weight excluding hydrogens is 362 g/mol. The topological polar surface area (TPSA) is 54.3 Å². The zero-order valence-electron chi connectivity index (χ0n) is 14.5. The molecule has 0 bridgehead atoms. The highest BCUT2D eigenvalue weighted by atomic mass is 35.5. The third-order valence-electron chi connectivity index (χ3n) is 4.35. The number of hydrogen-bond donors (Lipinski definition) is 1. The highest BCUT2D eigenvalue weighted by molar-refractivity contribution is 6.31. The van der Waals surface area contributed by atoms with Crippen LogP contribution >= 0.6 is 11.6 Å². The Hall–Kier alpha value is -3.31. The molecule has 1 aliphatic rings. The molecule has 27 heavy (non-hydrogen) atoms. The van der Waals surface area contributed by atoms with Crippen molar-refractivity contribution in [3.8, 4) is 5.69 Å². The molecule has 134 valence electrons. The van der Waals surface area contributed by atoms with Crippen molar-refractivity contribution in [2.75, 3.05) is 4.90 Å². The number of aryl methyl sites for hydroxylation is 1. The van der Waals surface area contributed by atoms with Crippen molar-refractivity contribution >= 4 is 35.3 Å². The summed E-state index contributed by atoms with van der Waals surface area (Å²) in [6, 6.07) is 17.9. The summed E-state index contributed by atoms with van der Waals surface area (Å²) in [7, 11) is 0. The average molecular weight is 378 g/mol. The van der Waals surface area contributed by atoms with E-state index in [0.717, 1.165) is 16.3 Å². The Kier molecular flexibility index (Phi) is 4.30. The van der Waals surface area contributed by atoms with Crippen molar-refractivity contribution in [2.45, 2.75) is 6.92 Å². The first kappa shape index (κ1) is 17.1. The number of aromatic nitrogens is 1. The fraction of sp³-hybridized carbons (Fsp3) is 0.0476. The quantitative estimate of drug-likeness (QED) is 0.538. The number of imide groups is 1.